The molecule has 11 heteroatoms. The quantitative estimate of drug-likeness (QED) is 0.319. The Kier molecular flexibility index (Phi) is 7.85. The van der Waals surface area contributed by atoms with Crippen LogP contribution in [0.5, 0.6) is 17.2 Å². The number of fused-ring (bicyclic) bond motifs is 1. The Morgan fingerprint density at radius 1 is 1.05 bits per heavy atom. The third-order valence-corrected chi connectivity index (χ3v) is 6.77. The summed E-state index contributed by atoms with van der Waals surface area (Å²) < 4.78 is 23.8. The molecule has 3 heterocycles. The van der Waals surface area contributed by atoms with Crippen molar-refractivity contribution in [3.05, 3.63) is 69.8 Å². The first-order valence-electron chi connectivity index (χ1n) is 12.6. The molecule has 1 fully saturated rings. The number of aromatic amines is 1. The molecule has 0 unspecified atom stereocenters. The fourth-order valence-electron chi connectivity index (χ4n) is 4.76. The molecular formula is C27H32N6O5. The molecule has 200 valence electrons. The molecule has 0 aliphatic carbocycles. The van der Waals surface area contributed by atoms with Crippen LogP contribution in [0.1, 0.15) is 29.8 Å². The summed E-state index contributed by atoms with van der Waals surface area (Å²) >= 11 is 0. The number of pyridine rings is 1. The number of hydrogen-bond acceptors (Lipinski definition) is 9. The van der Waals surface area contributed by atoms with Gasteiger partial charge in [0, 0.05) is 36.7 Å². The standard InChI is InChI=1S/C27H32N6O5/c1-35-21-8-6-18(7-9-21)14-33-26(29-30-31-33)17-32(16-22-5-4-10-38-22)15-20-11-19-12-24(36-2)25(37-3)13-23(19)28-27(20)34/h6-9,11-13,22H,4-5,10,14-17H2,1-3H3,(H,28,34)/t22-/m0/s1. The number of ether oxygens (including phenoxy) is 4. The molecule has 0 amide bonds. The number of benzene rings is 2. The number of tetrazole rings is 1. The topological polar surface area (TPSA) is 117 Å². The van der Waals surface area contributed by atoms with Gasteiger partial charge in [-0.2, -0.15) is 0 Å². The van der Waals surface area contributed by atoms with Crippen molar-refractivity contribution in [2.75, 3.05) is 34.5 Å². The first-order valence-corrected chi connectivity index (χ1v) is 12.6. The zero-order valence-electron chi connectivity index (χ0n) is 21.8. The normalized spacial score (nSPS) is 15.3. The lowest BCUT2D eigenvalue weighted by atomic mass is 10.1. The van der Waals surface area contributed by atoms with Crippen LogP contribution in [-0.2, 0) is 24.4 Å². The van der Waals surface area contributed by atoms with E-state index in [0.717, 1.165) is 36.1 Å². The fraction of sp³-hybridized carbons (Fsp3) is 0.407. The molecule has 5 rings (SSSR count). The highest BCUT2D eigenvalue weighted by Gasteiger charge is 2.22. The van der Waals surface area contributed by atoms with E-state index in [1.807, 2.05) is 36.4 Å². The number of methoxy groups -OCH3 is 3. The molecule has 11 nitrogen and oxygen atoms in total. The molecular weight excluding hydrogens is 488 g/mol. The molecule has 1 aliphatic heterocycles. The van der Waals surface area contributed by atoms with Crippen LogP contribution in [0.2, 0.25) is 0 Å². The highest BCUT2D eigenvalue weighted by atomic mass is 16.5. The van der Waals surface area contributed by atoms with E-state index >= 15 is 0 Å². The maximum Gasteiger partial charge on any atom is 0.252 e. The van der Waals surface area contributed by atoms with Crippen molar-refractivity contribution in [2.45, 2.75) is 38.6 Å². The molecule has 1 atom stereocenters. The third-order valence-electron chi connectivity index (χ3n) is 6.77. The Balaban J connectivity index is 1.40. The maximum absolute atomic E-state index is 13.1. The molecule has 1 saturated heterocycles. The molecule has 0 radical (unpaired) electrons. The first kappa shape index (κ1) is 25.7. The van der Waals surface area contributed by atoms with Crippen LogP contribution in [0, 0.1) is 0 Å². The van der Waals surface area contributed by atoms with Crippen LogP contribution in [0.4, 0.5) is 0 Å². The van der Waals surface area contributed by atoms with Crippen molar-refractivity contribution in [1.82, 2.24) is 30.1 Å². The summed E-state index contributed by atoms with van der Waals surface area (Å²) in [5.74, 6) is 2.67. The van der Waals surface area contributed by atoms with Crippen LogP contribution in [0.15, 0.2) is 47.3 Å². The lowest BCUT2D eigenvalue weighted by Gasteiger charge is -2.24. The Hall–Kier alpha value is -3.96. The zero-order chi connectivity index (χ0) is 26.5. The van der Waals surface area contributed by atoms with Gasteiger partial charge in [-0.1, -0.05) is 12.1 Å². The SMILES string of the molecule is COc1ccc(Cn2nnnc2CN(Cc2cc3cc(OC)c(OC)cc3[nH]c2=O)C[C@@H]2CCCO2)cc1. The summed E-state index contributed by atoms with van der Waals surface area (Å²) in [5.41, 5.74) is 2.22. The van der Waals surface area contributed by atoms with E-state index in [9.17, 15) is 4.79 Å². The van der Waals surface area contributed by atoms with Gasteiger partial charge in [0.1, 0.15) is 5.75 Å². The van der Waals surface area contributed by atoms with Crippen molar-refractivity contribution in [1.29, 1.82) is 0 Å². The van der Waals surface area contributed by atoms with Crippen molar-refractivity contribution < 1.29 is 18.9 Å². The molecule has 2 aromatic heterocycles. The number of hydrogen-bond donors (Lipinski definition) is 1. The molecule has 1 aliphatic rings. The average molecular weight is 521 g/mol. The number of nitrogens with one attached hydrogen (secondary N) is 1. The highest BCUT2D eigenvalue weighted by molar-refractivity contribution is 5.83. The van der Waals surface area contributed by atoms with E-state index in [1.165, 1.54) is 0 Å². The average Bonchev–Trinajstić information content (AvgIpc) is 3.61. The van der Waals surface area contributed by atoms with Gasteiger partial charge in [0.2, 0.25) is 0 Å². The van der Waals surface area contributed by atoms with Crippen molar-refractivity contribution in [3.8, 4) is 17.2 Å². The molecule has 0 bridgehead atoms. The Morgan fingerprint density at radius 2 is 1.84 bits per heavy atom. The van der Waals surface area contributed by atoms with E-state index in [1.54, 1.807) is 32.1 Å². The summed E-state index contributed by atoms with van der Waals surface area (Å²) in [6.07, 6.45) is 2.12. The van der Waals surface area contributed by atoms with Crippen LogP contribution in [0.3, 0.4) is 0 Å². The Morgan fingerprint density at radius 3 is 2.55 bits per heavy atom. The summed E-state index contributed by atoms with van der Waals surface area (Å²) in [5, 5.41) is 13.3. The predicted octanol–water partition coefficient (Wildman–Crippen LogP) is 2.77. The second-order valence-electron chi connectivity index (χ2n) is 9.32. The van der Waals surface area contributed by atoms with Gasteiger partial charge in [-0.25, -0.2) is 4.68 Å². The predicted molar refractivity (Wildman–Crippen MR) is 141 cm³/mol. The number of nitrogens with zero attached hydrogens (tertiary/aromatic N) is 5. The van der Waals surface area contributed by atoms with Gasteiger partial charge in [0.15, 0.2) is 17.3 Å². The monoisotopic (exact) mass is 520 g/mol. The van der Waals surface area contributed by atoms with E-state index in [-0.39, 0.29) is 11.7 Å². The fourth-order valence-corrected chi connectivity index (χ4v) is 4.76. The summed E-state index contributed by atoms with van der Waals surface area (Å²) in [4.78, 5) is 18.2. The minimum absolute atomic E-state index is 0.102. The summed E-state index contributed by atoms with van der Waals surface area (Å²) in [7, 11) is 4.81. The van der Waals surface area contributed by atoms with Gasteiger partial charge < -0.3 is 23.9 Å². The van der Waals surface area contributed by atoms with Gasteiger partial charge in [-0.15, -0.1) is 5.10 Å². The summed E-state index contributed by atoms with van der Waals surface area (Å²) in [6.45, 7) is 2.82. The highest BCUT2D eigenvalue weighted by Crippen LogP contribution is 2.31. The third kappa shape index (κ3) is 5.79. The lowest BCUT2D eigenvalue weighted by molar-refractivity contribution is 0.0663. The van der Waals surface area contributed by atoms with Crippen LogP contribution >= 0.6 is 0 Å². The molecule has 0 spiro atoms. The van der Waals surface area contributed by atoms with Crippen LogP contribution in [0.25, 0.3) is 10.9 Å². The second-order valence-corrected chi connectivity index (χ2v) is 9.32. The number of rotatable bonds is 11. The molecule has 2 aromatic carbocycles. The van der Waals surface area contributed by atoms with Crippen molar-refractivity contribution >= 4 is 10.9 Å². The van der Waals surface area contributed by atoms with Crippen LogP contribution in [-0.4, -0.2) is 70.7 Å². The van der Waals surface area contributed by atoms with Gasteiger partial charge in [0.05, 0.1) is 46.0 Å². The van der Waals surface area contributed by atoms with Crippen molar-refractivity contribution in [3.63, 3.8) is 0 Å². The molecule has 4 aromatic rings. The Bertz CT molecular complexity index is 1430. The number of aromatic nitrogens is 5. The minimum Gasteiger partial charge on any atom is -0.497 e. The van der Waals surface area contributed by atoms with Gasteiger partial charge >= 0.3 is 0 Å². The molecule has 1 N–H and O–H groups in total. The van der Waals surface area contributed by atoms with Crippen molar-refractivity contribution in [2.24, 2.45) is 0 Å². The largest absolute Gasteiger partial charge is 0.497 e. The van der Waals surface area contributed by atoms with E-state index < -0.39 is 0 Å². The molecule has 0 saturated carbocycles. The van der Waals surface area contributed by atoms with Gasteiger partial charge in [-0.3, -0.25) is 9.69 Å². The lowest BCUT2D eigenvalue weighted by Crippen LogP contribution is -2.34. The number of H-pyrrole nitrogens is 1. The zero-order valence-corrected chi connectivity index (χ0v) is 21.8. The van der Waals surface area contributed by atoms with Crippen LogP contribution < -0.4 is 19.8 Å². The smallest absolute Gasteiger partial charge is 0.252 e. The van der Waals surface area contributed by atoms with E-state index in [4.69, 9.17) is 18.9 Å². The van der Waals surface area contributed by atoms with Gasteiger partial charge in [0.25, 0.3) is 5.56 Å². The van der Waals surface area contributed by atoms with E-state index in [2.05, 4.69) is 25.4 Å². The van der Waals surface area contributed by atoms with Gasteiger partial charge in [-0.05, 0) is 53.1 Å². The molecule has 38 heavy (non-hydrogen) atoms. The maximum atomic E-state index is 13.1. The second kappa shape index (κ2) is 11.6. The Labute approximate surface area is 220 Å². The van der Waals surface area contributed by atoms with E-state index in [0.29, 0.717) is 54.6 Å². The first-order chi connectivity index (χ1) is 18.6. The summed E-state index contributed by atoms with van der Waals surface area (Å²) in [6, 6.07) is 13.4. The minimum atomic E-state index is -0.153.